The van der Waals surface area contributed by atoms with Gasteiger partial charge >= 0.3 is 0 Å². The SMILES string of the molecule is O=C(Cc1noc2ccccc12)N1CCC[C@H]1CN1CCCC1. The van der Waals surface area contributed by atoms with Crippen LogP contribution in [-0.2, 0) is 11.2 Å². The number of fused-ring (bicyclic) bond motifs is 1. The molecule has 0 spiro atoms. The van der Waals surface area contributed by atoms with Crippen molar-refractivity contribution in [2.75, 3.05) is 26.2 Å². The van der Waals surface area contributed by atoms with Crippen LogP contribution in [-0.4, -0.2) is 53.1 Å². The molecule has 2 aliphatic heterocycles. The van der Waals surface area contributed by atoms with Crippen LogP contribution in [0.4, 0.5) is 0 Å². The number of amides is 1. The van der Waals surface area contributed by atoms with Crippen molar-refractivity contribution in [3.63, 3.8) is 0 Å². The second-order valence-electron chi connectivity index (χ2n) is 6.69. The van der Waals surface area contributed by atoms with Gasteiger partial charge in [-0.1, -0.05) is 17.3 Å². The van der Waals surface area contributed by atoms with E-state index in [0.717, 1.165) is 42.6 Å². The summed E-state index contributed by atoms with van der Waals surface area (Å²) in [6, 6.07) is 8.12. The van der Waals surface area contributed by atoms with Gasteiger partial charge in [-0.15, -0.1) is 0 Å². The zero-order chi connectivity index (χ0) is 15.6. The molecule has 0 unspecified atom stereocenters. The van der Waals surface area contributed by atoms with Gasteiger partial charge in [0.1, 0.15) is 5.69 Å². The Morgan fingerprint density at radius 1 is 1.17 bits per heavy atom. The molecule has 2 fully saturated rings. The highest BCUT2D eigenvalue weighted by atomic mass is 16.5. The molecule has 2 saturated heterocycles. The van der Waals surface area contributed by atoms with Crippen LogP contribution in [0.15, 0.2) is 28.8 Å². The van der Waals surface area contributed by atoms with E-state index in [-0.39, 0.29) is 5.91 Å². The van der Waals surface area contributed by atoms with E-state index in [4.69, 9.17) is 4.52 Å². The average molecular weight is 313 g/mol. The van der Waals surface area contributed by atoms with Crippen molar-refractivity contribution in [2.24, 2.45) is 0 Å². The minimum atomic E-state index is 0.186. The van der Waals surface area contributed by atoms with Crippen LogP contribution in [0.3, 0.4) is 0 Å². The Bertz CT molecular complexity index is 690. The lowest BCUT2D eigenvalue weighted by Gasteiger charge is -2.28. The molecule has 0 radical (unpaired) electrons. The molecule has 3 heterocycles. The molecule has 23 heavy (non-hydrogen) atoms. The van der Waals surface area contributed by atoms with E-state index in [1.807, 2.05) is 24.3 Å². The number of carbonyl (C=O) groups is 1. The lowest BCUT2D eigenvalue weighted by molar-refractivity contribution is -0.131. The van der Waals surface area contributed by atoms with E-state index >= 15 is 0 Å². The largest absolute Gasteiger partial charge is 0.356 e. The van der Waals surface area contributed by atoms with E-state index < -0.39 is 0 Å². The normalized spacial score (nSPS) is 22.3. The molecule has 2 aromatic rings. The molecule has 1 aromatic carbocycles. The van der Waals surface area contributed by atoms with E-state index in [9.17, 15) is 4.79 Å². The Hall–Kier alpha value is -1.88. The van der Waals surface area contributed by atoms with Crippen LogP contribution in [0.25, 0.3) is 11.0 Å². The number of nitrogens with zero attached hydrogens (tertiary/aromatic N) is 3. The lowest BCUT2D eigenvalue weighted by atomic mass is 10.1. The van der Waals surface area contributed by atoms with Crippen molar-refractivity contribution in [3.8, 4) is 0 Å². The van der Waals surface area contributed by atoms with Crippen LogP contribution in [0.2, 0.25) is 0 Å². The number of benzene rings is 1. The van der Waals surface area contributed by atoms with Crippen LogP contribution in [0.5, 0.6) is 0 Å². The van der Waals surface area contributed by atoms with Crippen molar-refractivity contribution in [1.29, 1.82) is 0 Å². The molecular formula is C18H23N3O2. The van der Waals surface area contributed by atoms with E-state index in [1.54, 1.807) is 0 Å². The van der Waals surface area contributed by atoms with Gasteiger partial charge < -0.3 is 14.3 Å². The topological polar surface area (TPSA) is 49.6 Å². The van der Waals surface area contributed by atoms with E-state index in [2.05, 4.69) is 15.0 Å². The van der Waals surface area contributed by atoms with Crippen molar-refractivity contribution >= 4 is 16.9 Å². The summed E-state index contributed by atoms with van der Waals surface area (Å²) in [5, 5.41) is 5.06. The summed E-state index contributed by atoms with van der Waals surface area (Å²) in [4.78, 5) is 17.3. The first-order valence-electron chi connectivity index (χ1n) is 8.66. The predicted octanol–water partition coefficient (Wildman–Crippen LogP) is 2.46. The van der Waals surface area contributed by atoms with E-state index in [1.165, 1.54) is 25.9 Å². The van der Waals surface area contributed by atoms with Gasteiger partial charge in [0, 0.05) is 24.5 Å². The molecule has 1 amide bonds. The number of rotatable bonds is 4. The molecule has 1 atom stereocenters. The zero-order valence-corrected chi connectivity index (χ0v) is 13.4. The van der Waals surface area contributed by atoms with Crippen LogP contribution < -0.4 is 0 Å². The number of likely N-dealkylation sites (tertiary alicyclic amines) is 2. The number of para-hydroxylation sites is 1. The molecule has 1 aromatic heterocycles. The second-order valence-corrected chi connectivity index (χ2v) is 6.69. The fourth-order valence-corrected chi connectivity index (χ4v) is 3.93. The zero-order valence-electron chi connectivity index (χ0n) is 13.4. The minimum absolute atomic E-state index is 0.186. The Labute approximate surface area is 136 Å². The van der Waals surface area contributed by atoms with Crippen molar-refractivity contribution < 1.29 is 9.32 Å². The molecule has 0 N–H and O–H groups in total. The van der Waals surface area contributed by atoms with Crippen molar-refractivity contribution in [1.82, 2.24) is 15.0 Å². The molecule has 0 saturated carbocycles. The Morgan fingerprint density at radius 3 is 2.87 bits per heavy atom. The number of hydrogen-bond acceptors (Lipinski definition) is 4. The standard InChI is InChI=1S/C18H23N3O2/c22-18(12-16-15-7-1-2-8-17(15)23-19-16)21-11-5-6-14(21)13-20-9-3-4-10-20/h1-2,7-8,14H,3-6,9-13H2/t14-/m0/s1. The first kappa shape index (κ1) is 14.7. The summed E-state index contributed by atoms with van der Waals surface area (Å²) in [6.45, 7) is 4.29. The summed E-state index contributed by atoms with van der Waals surface area (Å²) in [5.41, 5.74) is 1.52. The number of hydrogen-bond donors (Lipinski definition) is 0. The first-order valence-corrected chi connectivity index (χ1v) is 8.66. The third-order valence-corrected chi connectivity index (χ3v) is 5.14. The van der Waals surface area contributed by atoms with Crippen LogP contribution in [0, 0.1) is 0 Å². The third-order valence-electron chi connectivity index (χ3n) is 5.14. The molecule has 0 aliphatic carbocycles. The number of carbonyl (C=O) groups excluding carboxylic acids is 1. The highest BCUT2D eigenvalue weighted by molar-refractivity contribution is 5.86. The molecule has 0 bridgehead atoms. The highest BCUT2D eigenvalue weighted by Crippen LogP contribution is 2.23. The van der Waals surface area contributed by atoms with Gasteiger partial charge in [0.25, 0.3) is 0 Å². The fourth-order valence-electron chi connectivity index (χ4n) is 3.93. The summed E-state index contributed by atoms with van der Waals surface area (Å²) >= 11 is 0. The van der Waals surface area contributed by atoms with Crippen molar-refractivity contribution in [3.05, 3.63) is 30.0 Å². The Kier molecular flexibility index (Phi) is 4.04. The molecule has 2 aliphatic rings. The molecular weight excluding hydrogens is 290 g/mol. The predicted molar refractivity (Wildman–Crippen MR) is 88.1 cm³/mol. The monoisotopic (exact) mass is 313 g/mol. The smallest absolute Gasteiger partial charge is 0.229 e. The summed E-state index contributed by atoms with van der Waals surface area (Å²) in [6.07, 6.45) is 5.18. The summed E-state index contributed by atoms with van der Waals surface area (Å²) in [5.74, 6) is 0.186. The maximum atomic E-state index is 12.8. The van der Waals surface area contributed by atoms with Gasteiger partial charge in [0.2, 0.25) is 5.91 Å². The quantitative estimate of drug-likeness (QED) is 0.870. The van der Waals surface area contributed by atoms with Gasteiger partial charge in [0.15, 0.2) is 5.58 Å². The average Bonchev–Trinajstić information content (AvgIpc) is 3.29. The second kappa shape index (κ2) is 6.32. The maximum absolute atomic E-state index is 12.8. The third kappa shape index (κ3) is 2.98. The van der Waals surface area contributed by atoms with Gasteiger partial charge in [-0.25, -0.2) is 0 Å². The van der Waals surface area contributed by atoms with Gasteiger partial charge in [-0.2, -0.15) is 0 Å². The summed E-state index contributed by atoms with van der Waals surface area (Å²) < 4.78 is 5.32. The maximum Gasteiger partial charge on any atom is 0.229 e. The van der Waals surface area contributed by atoms with Crippen molar-refractivity contribution in [2.45, 2.75) is 38.1 Å². The Morgan fingerprint density at radius 2 is 2.00 bits per heavy atom. The Balaban J connectivity index is 1.45. The molecule has 4 rings (SSSR count). The van der Waals surface area contributed by atoms with Gasteiger partial charge in [0.05, 0.1) is 6.42 Å². The minimum Gasteiger partial charge on any atom is -0.356 e. The highest BCUT2D eigenvalue weighted by Gasteiger charge is 2.31. The van der Waals surface area contributed by atoms with Crippen LogP contribution >= 0.6 is 0 Å². The van der Waals surface area contributed by atoms with Gasteiger partial charge in [-0.3, -0.25) is 4.79 Å². The molecule has 5 nitrogen and oxygen atoms in total. The van der Waals surface area contributed by atoms with Gasteiger partial charge in [-0.05, 0) is 50.9 Å². The fraction of sp³-hybridized carbons (Fsp3) is 0.556. The first-order chi connectivity index (χ1) is 11.3. The summed E-state index contributed by atoms with van der Waals surface area (Å²) in [7, 11) is 0. The van der Waals surface area contributed by atoms with Crippen LogP contribution in [0.1, 0.15) is 31.4 Å². The number of aromatic nitrogens is 1. The van der Waals surface area contributed by atoms with E-state index in [0.29, 0.717) is 12.5 Å². The lowest BCUT2D eigenvalue weighted by Crippen LogP contribution is -2.43. The molecule has 5 heteroatoms. The molecule has 122 valence electrons.